The van der Waals surface area contributed by atoms with Crippen LogP contribution in [0.4, 0.5) is 0 Å². The standard InChI is InChI=1S/C16H24BrNO3/c1-11(2)8-13(19)10-18-16(20)7-5-12-4-6-15(21-3)14(17)9-12/h4,6,9,11,13,19H,5,7-8,10H2,1-3H3,(H,18,20). The van der Waals surface area contributed by atoms with Gasteiger partial charge in [-0.3, -0.25) is 4.79 Å². The number of aryl methyl sites for hydroxylation is 1. The first-order valence-corrected chi connectivity index (χ1v) is 7.98. The number of aliphatic hydroxyl groups is 1. The Morgan fingerprint density at radius 1 is 1.43 bits per heavy atom. The molecule has 1 aromatic carbocycles. The van der Waals surface area contributed by atoms with Crippen molar-refractivity contribution in [3.63, 3.8) is 0 Å². The zero-order valence-corrected chi connectivity index (χ0v) is 14.4. The molecule has 1 rings (SSSR count). The number of ether oxygens (including phenoxy) is 1. The van der Waals surface area contributed by atoms with Crippen LogP contribution in [-0.2, 0) is 11.2 Å². The Kier molecular flexibility index (Phi) is 7.75. The van der Waals surface area contributed by atoms with Crippen molar-refractivity contribution < 1.29 is 14.6 Å². The third-order valence-corrected chi connectivity index (χ3v) is 3.75. The van der Waals surface area contributed by atoms with Crippen molar-refractivity contribution in [1.82, 2.24) is 5.32 Å². The molecule has 1 amide bonds. The van der Waals surface area contributed by atoms with E-state index in [1.807, 2.05) is 32.0 Å². The van der Waals surface area contributed by atoms with Crippen LogP contribution in [0, 0.1) is 5.92 Å². The number of amides is 1. The van der Waals surface area contributed by atoms with Gasteiger partial charge in [-0.05, 0) is 52.4 Å². The van der Waals surface area contributed by atoms with Crippen LogP contribution in [0.25, 0.3) is 0 Å². The average molecular weight is 358 g/mol. The molecular formula is C16H24BrNO3. The minimum absolute atomic E-state index is 0.0373. The number of benzene rings is 1. The molecule has 21 heavy (non-hydrogen) atoms. The second kappa shape index (κ2) is 9.05. The maximum Gasteiger partial charge on any atom is 0.220 e. The summed E-state index contributed by atoms with van der Waals surface area (Å²) in [7, 11) is 1.62. The Bertz CT molecular complexity index is 463. The van der Waals surface area contributed by atoms with Crippen molar-refractivity contribution in [1.29, 1.82) is 0 Å². The molecule has 0 radical (unpaired) electrons. The van der Waals surface area contributed by atoms with E-state index in [4.69, 9.17) is 4.74 Å². The average Bonchev–Trinajstić information content (AvgIpc) is 2.42. The van der Waals surface area contributed by atoms with Crippen molar-refractivity contribution >= 4 is 21.8 Å². The van der Waals surface area contributed by atoms with Crippen LogP contribution < -0.4 is 10.1 Å². The van der Waals surface area contributed by atoms with Gasteiger partial charge in [-0.1, -0.05) is 19.9 Å². The molecule has 2 N–H and O–H groups in total. The molecule has 0 fully saturated rings. The molecule has 0 spiro atoms. The number of methoxy groups -OCH3 is 1. The van der Waals surface area contributed by atoms with E-state index in [-0.39, 0.29) is 5.91 Å². The third kappa shape index (κ3) is 6.96. The maximum atomic E-state index is 11.8. The lowest BCUT2D eigenvalue weighted by atomic mass is 10.1. The molecule has 118 valence electrons. The Hall–Kier alpha value is -1.07. The zero-order valence-electron chi connectivity index (χ0n) is 12.9. The molecule has 0 bridgehead atoms. The number of carbonyl (C=O) groups excluding carboxylic acids is 1. The van der Waals surface area contributed by atoms with Gasteiger partial charge in [-0.15, -0.1) is 0 Å². The van der Waals surface area contributed by atoms with Gasteiger partial charge in [0.1, 0.15) is 5.75 Å². The van der Waals surface area contributed by atoms with E-state index in [2.05, 4.69) is 21.2 Å². The molecule has 1 atom stereocenters. The quantitative estimate of drug-likeness (QED) is 0.751. The van der Waals surface area contributed by atoms with E-state index in [1.54, 1.807) is 7.11 Å². The molecule has 5 heteroatoms. The topological polar surface area (TPSA) is 58.6 Å². The minimum Gasteiger partial charge on any atom is -0.496 e. The Morgan fingerprint density at radius 3 is 2.71 bits per heavy atom. The highest BCUT2D eigenvalue weighted by molar-refractivity contribution is 9.10. The second-order valence-electron chi connectivity index (χ2n) is 5.56. The highest BCUT2D eigenvalue weighted by atomic mass is 79.9. The van der Waals surface area contributed by atoms with Gasteiger partial charge in [0.15, 0.2) is 0 Å². The number of hydrogen-bond donors (Lipinski definition) is 2. The van der Waals surface area contributed by atoms with E-state index in [9.17, 15) is 9.90 Å². The predicted octanol–water partition coefficient (Wildman–Crippen LogP) is 2.91. The lowest BCUT2D eigenvalue weighted by Crippen LogP contribution is -2.32. The molecule has 0 saturated heterocycles. The van der Waals surface area contributed by atoms with E-state index < -0.39 is 6.10 Å². The fraction of sp³-hybridized carbons (Fsp3) is 0.562. The highest BCUT2D eigenvalue weighted by Gasteiger charge is 2.09. The van der Waals surface area contributed by atoms with Gasteiger partial charge in [0, 0.05) is 13.0 Å². The molecule has 0 heterocycles. The number of nitrogens with one attached hydrogen (secondary N) is 1. The lowest BCUT2D eigenvalue weighted by molar-refractivity contribution is -0.121. The van der Waals surface area contributed by atoms with Gasteiger partial charge in [0.05, 0.1) is 17.7 Å². The molecule has 1 unspecified atom stereocenters. The van der Waals surface area contributed by atoms with Gasteiger partial charge >= 0.3 is 0 Å². The van der Waals surface area contributed by atoms with E-state index in [0.717, 1.165) is 15.8 Å². The van der Waals surface area contributed by atoms with Crippen LogP contribution in [-0.4, -0.2) is 30.8 Å². The third-order valence-electron chi connectivity index (χ3n) is 3.14. The van der Waals surface area contributed by atoms with Crippen LogP contribution in [0.2, 0.25) is 0 Å². The van der Waals surface area contributed by atoms with Crippen LogP contribution in [0.3, 0.4) is 0 Å². The van der Waals surface area contributed by atoms with Gasteiger partial charge in [0.2, 0.25) is 5.91 Å². The summed E-state index contributed by atoms with van der Waals surface area (Å²) < 4.78 is 6.05. The molecule has 0 aliphatic rings. The SMILES string of the molecule is COc1ccc(CCC(=O)NCC(O)CC(C)C)cc1Br. The number of halogens is 1. The summed E-state index contributed by atoms with van der Waals surface area (Å²) >= 11 is 3.43. The number of rotatable bonds is 8. The Morgan fingerprint density at radius 2 is 2.14 bits per heavy atom. The first-order chi connectivity index (χ1) is 9.92. The molecule has 4 nitrogen and oxygen atoms in total. The van der Waals surface area contributed by atoms with E-state index in [1.165, 1.54) is 0 Å². The summed E-state index contributed by atoms with van der Waals surface area (Å²) in [6.45, 7) is 4.42. The summed E-state index contributed by atoms with van der Waals surface area (Å²) in [5.74, 6) is 1.17. The Labute approximate surface area is 135 Å². The number of hydrogen-bond acceptors (Lipinski definition) is 3. The lowest BCUT2D eigenvalue weighted by Gasteiger charge is -2.14. The van der Waals surface area contributed by atoms with Gasteiger partial charge in [0.25, 0.3) is 0 Å². The van der Waals surface area contributed by atoms with Crippen LogP contribution in [0.5, 0.6) is 5.75 Å². The molecule has 0 aliphatic heterocycles. The molecular weight excluding hydrogens is 334 g/mol. The van der Waals surface area contributed by atoms with Crippen molar-refractivity contribution in [2.45, 2.75) is 39.2 Å². The van der Waals surface area contributed by atoms with Gasteiger partial charge in [-0.25, -0.2) is 0 Å². The monoisotopic (exact) mass is 357 g/mol. The number of aliphatic hydroxyl groups excluding tert-OH is 1. The van der Waals surface area contributed by atoms with Crippen LogP contribution >= 0.6 is 15.9 Å². The van der Waals surface area contributed by atoms with Crippen molar-refractivity contribution in [2.24, 2.45) is 5.92 Å². The van der Waals surface area contributed by atoms with E-state index in [0.29, 0.717) is 31.7 Å². The summed E-state index contributed by atoms with van der Waals surface area (Å²) in [5.41, 5.74) is 1.07. The normalized spacial score (nSPS) is 12.3. The van der Waals surface area contributed by atoms with Crippen molar-refractivity contribution in [3.8, 4) is 5.75 Å². The van der Waals surface area contributed by atoms with Crippen molar-refractivity contribution in [3.05, 3.63) is 28.2 Å². The summed E-state index contributed by atoms with van der Waals surface area (Å²) in [5, 5.41) is 12.5. The van der Waals surface area contributed by atoms with Crippen LogP contribution in [0.1, 0.15) is 32.3 Å². The van der Waals surface area contributed by atoms with E-state index >= 15 is 0 Å². The van der Waals surface area contributed by atoms with Crippen molar-refractivity contribution in [2.75, 3.05) is 13.7 Å². The first kappa shape index (κ1) is 18.0. The molecule has 0 aromatic heterocycles. The second-order valence-corrected chi connectivity index (χ2v) is 6.41. The summed E-state index contributed by atoms with van der Waals surface area (Å²) in [4.78, 5) is 11.8. The fourth-order valence-electron chi connectivity index (χ4n) is 2.07. The highest BCUT2D eigenvalue weighted by Crippen LogP contribution is 2.25. The van der Waals surface area contributed by atoms with Crippen LogP contribution in [0.15, 0.2) is 22.7 Å². The fourth-order valence-corrected chi connectivity index (χ4v) is 2.66. The maximum absolute atomic E-state index is 11.8. The summed E-state index contributed by atoms with van der Waals surface area (Å²) in [6, 6.07) is 5.79. The smallest absolute Gasteiger partial charge is 0.220 e. The predicted molar refractivity (Wildman–Crippen MR) is 87.5 cm³/mol. The minimum atomic E-state index is -0.468. The first-order valence-electron chi connectivity index (χ1n) is 7.19. The molecule has 0 aliphatic carbocycles. The zero-order chi connectivity index (χ0) is 15.8. The molecule has 0 saturated carbocycles. The van der Waals surface area contributed by atoms with Gasteiger partial charge in [-0.2, -0.15) is 0 Å². The Balaban J connectivity index is 2.34. The van der Waals surface area contributed by atoms with Gasteiger partial charge < -0.3 is 15.2 Å². The summed E-state index contributed by atoms with van der Waals surface area (Å²) in [6.07, 6.45) is 1.30. The molecule has 1 aromatic rings. The number of carbonyl (C=O) groups is 1. The largest absolute Gasteiger partial charge is 0.496 e.